The SMILES string of the molecule is Cc1ccc(O)c(C)c1-n1c(N)c(C(N)=O)c2c(-c3cc4ccccc4o3)n(C)nc21. The van der Waals surface area contributed by atoms with Crippen LogP contribution in [0.15, 0.2) is 46.9 Å². The van der Waals surface area contributed by atoms with Crippen molar-refractivity contribution in [1.82, 2.24) is 14.3 Å². The summed E-state index contributed by atoms with van der Waals surface area (Å²) in [4.78, 5) is 12.5. The molecular weight excluding hydrogens is 394 g/mol. The van der Waals surface area contributed by atoms with Crippen molar-refractivity contribution in [3.05, 3.63) is 59.2 Å². The van der Waals surface area contributed by atoms with Crippen LogP contribution in [0.4, 0.5) is 5.82 Å². The number of rotatable bonds is 3. The zero-order valence-corrected chi connectivity index (χ0v) is 17.3. The Morgan fingerprint density at radius 3 is 2.61 bits per heavy atom. The van der Waals surface area contributed by atoms with E-state index >= 15 is 0 Å². The smallest absolute Gasteiger partial charge is 0.253 e. The Hall–Kier alpha value is -4.20. The number of nitrogen functional groups attached to an aromatic ring is 1. The first-order valence-corrected chi connectivity index (χ1v) is 9.74. The van der Waals surface area contributed by atoms with Crippen molar-refractivity contribution >= 4 is 33.7 Å². The number of benzene rings is 2. The van der Waals surface area contributed by atoms with Crippen molar-refractivity contribution in [1.29, 1.82) is 0 Å². The molecule has 0 bridgehead atoms. The van der Waals surface area contributed by atoms with Gasteiger partial charge in [-0.1, -0.05) is 24.3 Å². The number of carbonyl (C=O) groups is 1. The van der Waals surface area contributed by atoms with Gasteiger partial charge in [-0.05, 0) is 37.6 Å². The molecule has 0 unspecified atom stereocenters. The number of anilines is 1. The first-order valence-electron chi connectivity index (χ1n) is 9.74. The second-order valence-electron chi connectivity index (χ2n) is 7.65. The van der Waals surface area contributed by atoms with Crippen LogP contribution in [0.3, 0.4) is 0 Å². The Labute approximate surface area is 177 Å². The highest BCUT2D eigenvalue weighted by Crippen LogP contribution is 2.41. The number of amides is 1. The topological polar surface area (TPSA) is 125 Å². The number of phenols is 1. The molecule has 3 aromatic heterocycles. The first kappa shape index (κ1) is 18.8. The second-order valence-corrected chi connectivity index (χ2v) is 7.65. The van der Waals surface area contributed by atoms with E-state index in [1.54, 1.807) is 35.4 Å². The van der Waals surface area contributed by atoms with Crippen molar-refractivity contribution < 1.29 is 14.3 Å². The van der Waals surface area contributed by atoms with Gasteiger partial charge in [0.05, 0.1) is 16.6 Å². The van der Waals surface area contributed by atoms with Gasteiger partial charge >= 0.3 is 0 Å². The third-order valence-electron chi connectivity index (χ3n) is 5.72. The van der Waals surface area contributed by atoms with E-state index in [1.807, 2.05) is 37.3 Å². The van der Waals surface area contributed by atoms with E-state index in [1.165, 1.54) is 0 Å². The van der Waals surface area contributed by atoms with Crippen molar-refractivity contribution in [2.45, 2.75) is 13.8 Å². The molecule has 5 N–H and O–H groups in total. The zero-order chi connectivity index (χ0) is 22.0. The average Bonchev–Trinajstić information content (AvgIpc) is 3.35. The van der Waals surface area contributed by atoms with E-state index in [2.05, 4.69) is 5.10 Å². The summed E-state index contributed by atoms with van der Waals surface area (Å²) in [5, 5.41) is 16.4. The lowest BCUT2D eigenvalue weighted by atomic mass is 10.1. The van der Waals surface area contributed by atoms with Gasteiger partial charge in [0.15, 0.2) is 11.4 Å². The number of fused-ring (bicyclic) bond motifs is 2. The van der Waals surface area contributed by atoms with Crippen LogP contribution in [0.2, 0.25) is 0 Å². The Morgan fingerprint density at radius 1 is 1.16 bits per heavy atom. The molecule has 0 saturated carbocycles. The predicted octanol–water partition coefficient (Wildman–Crippen LogP) is 3.78. The zero-order valence-electron chi connectivity index (χ0n) is 17.3. The van der Waals surface area contributed by atoms with Crippen molar-refractivity contribution in [2.24, 2.45) is 12.8 Å². The van der Waals surface area contributed by atoms with Gasteiger partial charge in [0.2, 0.25) is 0 Å². The lowest BCUT2D eigenvalue weighted by Crippen LogP contribution is -2.15. The molecule has 0 fully saturated rings. The van der Waals surface area contributed by atoms with E-state index in [-0.39, 0.29) is 17.1 Å². The predicted molar refractivity (Wildman–Crippen MR) is 119 cm³/mol. The van der Waals surface area contributed by atoms with Gasteiger partial charge in [-0.3, -0.25) is 14.0 Å². The number of furan rings is 1. The maximum Gasteiger partial charge on any atom is 0.253 e. The molecule has 0 aliphatic rings. The average molecular weight is 415 g/mol. The fourth-order valence-corrected chi connectivity index (χ4v) is 4.28. The monoisotopic (exact) mass is 415 g/mol. The summed E-state index contributed by atoms with van der Waals surface area (Å²) in [5.74, 6) is 0.174. The van der Waals surface area contributed by atoms with Gasteiger partial charge in [0.25, 0.3) is 5.91 Å². The summed E-state index contributed by atoms with van der Waals surface area (Å²) in [7, 11) is 1.77. The maximum absolute atomic E-state index is 12.5. The summed E-state index contributed by atoms with van der Waals surface area (Å²) in [6.45, 7) is 3.69. The number of hydrogen-bond acceptors (Lipinski definition) is 5. The number of primary amides is 1. The summed E-state index contributed by atoms with van der Waals surface area (Å²) < 4.78 is 9.38. The molecular formula is C23H21N5O3. The summed E-state index contributed by atoms with van der Waals surface area (Å²) >= 11 is 0. The Bertz CT molecular complexity index is 1490. The third-order valence-corrected chi connectivity index (χ3v) is 5.72. The van der Waals surface area contributed by atoms with E-state index in [4.69, 9.17) is 15.9 Å². The lowest BCUT2D eigenvalue weighted by molar-refractivity contribution is 0.100. The molecule has 5 aromatic rings. The van der Waals surface area contributed by atoms with Crippen LogP contribution < -0.4 is 11.5 Å². The summed E-state index contributed by atoms with van der Waals surface area (Å²) in [6.07, 6.45) is 0. The molecule has 31 heavy (non-hydrogen) atoms. The Kier molecular flexibility index (Phi) is 3.88. The molecule has 0 radical (unpaired) electrons. The molecule has 3 heterocycles. The largest absolute Gasteiger partial charge is 0.508 e. The number of phenolic OH excluding ortho intramolecular Hbond substituents is 1. The van der Waals surface area contributed by atoms with Crippen LogP contribution in [0.1, 0.15) is 21.5 Å². The standard InChI is InChI=1S/C23H21N5O3/c1-11-8-9-14(29)12(2)19(11)28-21(24)18(22(25)30)17-20(27(3)26-23(17)28)16-10-13-6-4-5-7-15(13)31-16/h4-10,29H,24H2,1-3H3,(H2,25,30). The Morgan fingerprint density at radius 2 is 1.90 bits per heavy atom. The number of para-hydroxylation sites is 1. The highest BCUT2D eigenvalue weighted by Gasteiger charge is 2.29. The number of nitrogens with zero attached hydrogens (tertiary/aromatic N) is 3. The van der Waals surface area contributed by atoms with Gasteiger partial charge in [-0.15, -0.1) is 0 Å². The van der Waals surface area contributed by atoms with Crippen LogP contribution in [-0.4, -0.2) is 25.4 Å². The van der Waals surface area contributed by atoms with Gasteiger partial charge in [-0.2, -0.15) is 5.10 Å². The molecule has 0 saturated heterocycles. The van der Waals surface area contributed by atoms with Crippen LogP contribution in [0, 0.1) is 13.8 Å². The number of aryl methyl sites for hydroxylation is 2. The Balaban J connectivity index is 1.92. The van der Waals surface area contributed by atoms with Crippen LogP contribution in [0.5, 0.6) is 5.75 Å². The van der Waals surface area contributed by atoms with E-state index in [0.29, 0.717) is 33.7 Å². The minimum atomic E-state index is -0.665. The van der Waals surface area contributed by atoms with E-state index < -0.39 is 5.91 Å². The van der Waals surface area contributed by atoms with Gasteiger partial charge in [-0.25, -0.2) is 0 Å². The van der Waals surface area contributed by atoms with Crippen LogP contribution >= 0.6 is 0 Å². The quantitative estimate of drug-likeness (QED) is 0.413. The highest BCUT2D eigenvalue weighted by molar-refractivity contribution is 6.15. The minimum absolute atomic E-state index is 0.121. The normalized spacial score (nSPS) is 11.6. The molecule has 0 atom stereocenters. The third kappa shape index (κ3) is 2.54. The van der Waals surface area contributed by atoms with Crippen molar-refractivity contribution in [3.8, 4) is 22.9 Å². The van der Waals surface area contributed by atoms with Gasteiger partial charge < -0.3 is 21.0 Å². The molecule has 156 valence electrons. The maximum atomic E-state index is 12.5. The molecule has 5 rings (SSSR count). The summed E-state index contributed by atoms with van der Waals surface area (Å²) in [6, 6.07) is 13.0. The molecule has 0 spiro atoms. The van der Waals surface area contributed by atoms with E-state index in [9.17, 15) is 9.90 Å². The van der Waals surface area contributed by atoms with Crippen molar-refractivity contribution in [2.75, 3.05) is 5.73 Å². The molecule has 0 aliphatic heterocycles. The van der Waals surface area contributed by atoms with Gasteiger partial charge in [0.1, 0.15) is 22.8 Å². The molecule has 8 nitrogen and oxygen atoms in total. The lowest BCUT2D eigenvalue weighted by Gasteiger charge is -2.15. The molecule has 0 aliphatic carbocycles. The molecule has 8 heteroatoms. The molecule has 1 amide bonds. The van der Waals surface area contributed by atoms with Crippen molar-refractivity contribution in [3.63, 3.8) is 0 Å². The fraction of sp³-hybridized carbons (Fsp3) is 0.130. The second kappa shape index (κ2) is 6.40. The first-order chi connectivity index (χ1) is 14.8. The number of aromatic nitrogens is 3. The fourth-order valence-electron chi connectivity index (χ4n) is 4.28. The molecule has 2 aromatic carbocycles. The number of hydrogen-bond donors (Lipinski definition) is 3. The van der Waals surface area contributed by atoms with Gasteiger partial charge in [0, 0.05) is 18.0 Å². The van der Waals surface area contributed by atoms with Crippen LogP contribution in [0.25, 0.3) is 39.1 Å². The number of nitrogens with two attached hydrogens (primary N) is 2. The number of aromatic hydroxyl groups is 1. The summed E-state index contributed by atoms with van der Waals surface area (Å²) in [5.41, 5.74) is 16.3. The highest BCUT2D eigenvalue weighted by atomic mass is 16.3. The van der Waals surface area contributed by atoms with Crippen LogP contribution in [-0.2, 0) is 7.05 Å². The number of carbonyl (C=O) groups excluding carboxylic acids is 1. The van der Waals surface area contributed by atoms with E-state index in [0.717, 1.165) is 16.5 Å². The minimum Gasteiger partial charge on any atom is -0.508 e.